The van der Waals surface area contributed by atoms with Gasteiger partial charge in [-0.3, -0.25) is 4.79 Å². The Morgan fingerprint density at radius 2 is 2.12 bits per heavy atom. The van der Waals surface area contributed by atoms with Crippen molar-refractivity contribution < 1.29 is 4.79 Å². The fourth-order valence-electron chi connectivity index (χ4n) is 2.12. The van der Waals surface area contributed by atoms with E-state index in [9.17, 15) is 4.79 Å². The first-order chi connectivity index (χ1) is 8.16. The van der Waals surface area contributed by atoms with E-state index in [0.29, 0.717) is 6.04 Å². The maximum atomic E-state index is 11.9. The molecule has 0 radical (unpaired) electrons. The van der Waals surface area contributed by atoms with Crippen molar-refractivity contribution in [2.75, 3.05) is 27.2 Å². The molecular formula is C10H18N6O. The molecule has 0 atom stereocenters. The minimum atomic E-state index is 0.0921. The SMILES string of the molecule is CN(C)C1CCN(C(=O)Cn2cnnn2)CC1. The van der Waals surface area contributed by atoms with Crippen LogP contribution in [0.4, 0.5) is 0 Å². The van der Waals surface area contributed by atoms with E-state index in [0.717, 1.165) is 25.9 Å². The number of piperidine rings is 1. The van der Waals surface area contributed by atoms with E-state index >= 15 is 0 Å². The van der Waals surface area contributed by atoms with E-state index in [1.165, 1.54) is 11.0 Å². The summed E-state index contributed by atoms with van der Waals surface area (Å²) in [5, 5.41) is 10.7. The monoisotopic (exact) mass is 238 g/mol. The van der Waals surface area contributed by atoms with Crippen molar-refractivity contribution in [2.24, 2.45) is 0 Å². The third-order valence-electron chi connectivity index (χ3n) is 3.24. The fourth-order valence-corrected chi connectivity index (χ4v) is 2.12. The predicted octanol–water partition coefficient (Wildman–Crippen LogP) is -0.774. The van der Waals surface area contributed by atoms with Crippen LogP contribution >= 0.6 is 0 Å². The molecule has 1 aromatic rings. The zero-order valence-electron chi connectivity index (χ0n) is 10.3. The van der Waals surface area contributed by atoms with E-state index in [4.69, 9.17) is 0 Å². The first-order valence-corrected chi connectivity index (χ1v) is 5.82. The molecule has 0 spiro atoms. The van der Waals surface area contributed by atoms with Crippen LogP contribution in [0, 0.1) is 0 Å². The Balaban J connectivity index is 1.82. The van der Waals surface area contributed by atoms with Gasteiger partial charge >= 0.3 is 0 Å². The summed E-state index contributed by atoms with van der Waals surface area (Å²) in [5.74, 6) is 0.0921. The maximum absolute atomic E-state index is 11.9. The average Bonchev–Trinajstić information content (AvgIpc) is 2.82. The van der Waals surface area contributed by atoms with Gasteiger partial charge in [-0.2, -0.15) is 0 Å². The number of carbonyl (C=O) groups is 1. The maximum Gasteiger partial charge on any atom is 0.244 e. The molecule has 94 valence electrons. The molecule has 17 heavy (non-hydrogen) atoms. The molecule has 2 heterocycles. The summed E-state index contributed by atoms with van der Waals surface area (Å²) in [6.45, 7) is 1.88. The Morgan fingerprint density at radius 1 is 1.41 bits per heavy atom. The fraction of sp³-hybridized carbons (Fsp3) is 0.800. The van der Waals surface area contributed by atoms with Crippen LogP contribution in [0.3, 0.4) is 0 Å². The lowest BCUT2D eigenvalue weighted by molar-refractivity contribution is -0.133. The van der Waals surface area contributed by atoms with Crippen LogP contribution in [-0.2, 0) is 11.3 Å². The second kappa shape index (κ2) is 5.22. The molecule has 0 aliphatic carbocycles. The van der Waals surface area contributed by atoms with Gasteiger partial charge in [-0.15, -0.1) is 5.10 Å². The molecule has 1 fully saturated rings. The highest BCUT2D eigenvalue weighted by Crippen LogP contribution is 2.14. The van der Waals surface area contributed by atoms with Crippen LogP contribution in [0.2, 0.25) is 0 Å². The van der Waals surface area contributed by atoms with Crippen LogP contribution in [0.25, 0.3) is 0 Å². The number of aromatic nitrogens is 4. The molecule has 1 aromatic heterocycles. The summed E-state index contributed by atoms with van der Waals surface area (Å²) < 4.78 is 1.46. The number of likely N-dealkylation sites (tertiary alicyclic amines) is 1. The predicted molar refractivity (Wildman–Crippen MR) is 61.1 cm³/mol. The van der Waals surface area contributed by atoms with Crippen LogP contribution in [0.1, 0.15) is 12.8 Å². The largest absolute Gasteiger partial charge is 0.341 e. The lowest BCUT2D eigenvalue weighted by Crippen LogP contribution is -2.45. The zero-order chi connectivity index (χ0) is 12.3. The smallest absolute Gasteiger partial charge is 0.244 e. The molecule has 7 heteroatoms. The van der Waals surface area contributed by atoms with Crippen molar-refractivity contribution in [3.63, 3.8) is 0 Å². The highest BCUT2D eigenvalue weighted by atomic mass is 16.2. The number of tetrazole rings is 1. The van der Waals surface area contributed by atoms with Gasteiger partial charge in [-0.05, 0) is 37.4 Å². The molecule has 7 nitrogen and oxygen atoms in total. The van der Waals surface area contributed by atoms with Gasteiger partial charge in [0, 0.05) is 19.1 Å². The molecule has 1 aliphatic heterocycles. The van der Waals surface area contributed by atoms with Gasteiger partial charge in [0.1, 0.15) is 12.9 Å². The summed E-state index contributed by atoms with van der Waals surface area (Å²) in [6.07, 6.45) is 3.53. The van der Waals surface area contributed by atoms with Gasteiger partial charge in [-0.25, -0.2) is 4.68 Å². The van der Waals surface area contributed by atoms with Crippen LogP contribution in [0.15, 0.2) is 6.33 Å². The Labute approximate surface area is 100 Å². The van der Waals surface area contributed by atoms with E-state index in [1.54, 1.807) is 0 Å². The first-order valence-electron chi connectivity index (χ1n) is 5.82. The summed E-state index contributed by atoms with van der Waals surface area (Å²) >= 11 is 0. The van der Waals surface area contributed by atoms with E-state index in [-0.39, 0.29) is 12.5 Å². The minimum absolute atomic E-state index is 0.0921. The molecule has 0 saturated carbocycles. The Bertz CT molecular complexity index is 355. The minimum Gasteiger partial charge on any atom is -0.341 e. The molecule has 0 aromatic carbocycles. The second-order valence-corrected chi connectivity index (χ2v) is 4.58. The van der Waals surface area contributed by atoms with Gasteiger partial charge in [0.05, 0.1) is 0 Å². The van der Waals surface area contributed by atoms with Crippen LogP contribution in [0.5, 0.6) is 0 Å². The van der Waals surface area contributed by atoms with E-state index < -0.39 is 0 Å². The number of hydrogen-bond acceptors (Lipinski definition) is 5. The quantitative estimate of drug-likeness (QED) is 0.691. The molecule has 2 rings (SSSR count). The molecule has 1 aliphatic rings. The highest BCUT2D eigenvalue weighted by molar-refractivity contribution is 5.75. The lowest BCUT2D eigenvalue weighted by atomic mass is 10.0. The Morgan fingerprint density at radius 3 is 2.65 bits per heavy atom. The van der Waals surface area contributed by atoms with Crippen molar-refractivity contribution in [1.82, 2.24) is 30.0 Å². The Hall–Kier alpha value is -1.50. The van der Waals surface area contributed by atoms with Gasteiger partial charge in [0.15, 0.2) is 0 Å². The van der Waals surface area contributed by atoms with Crippen molar-refractivity contribution >= 4 is 5.91 Å². The highest BCUT2D eigenvalue weighted by Gasteiger charge is 2.23. The number of rotatable bonds is 3. The van der Waals surface area contributed by atoms with E-state index in [1.807, 2.05) is 4.90 Å². The summed E-state index contributed by atoms with van der Waals surface area (Å²) in [6, 6.07) is 0.590. The molecular weight excluding hydrogens is 220 g/mol. The first kappa shape index (κ1) is 12.0. The summed E-state index contributed by atoms with van der Waals surface area (Å²) in [4.78, 5) is 16.1. The second-order valence-electron chi connectivity index (χ2n) is 4.58. The van der Waals surface area contributed by atoms with Crippen molar-refractivity contribution in [3.05, 3.63) is 6.33 Å². The Kier molecular flexibility index (Phi) is 3.68. The molecule has 0 N–H and O–H groups in total. The van der Waals surface area contributed by atoms with Crippen molar-refractivity contribution in [1.29, 1.82) is 0 Å². The zero-order valence-corrected chi connectivity index (χ0v) is 10.3. The molecule has 0 bridgehead atoms. The van der Waals surface area contributed by atoms with E-state index in [2.05, 4.69) is 34.5 Å². The number of carbonyl (C=O) groups excluding carboxylic acids is 1. The standard InChI is InChI=1S/C10H18N6O/c1-14(2)9-3-5-15(6-4-9)10(17)7-16-8-11-12-13-16/h8-9H,3-7H2,1-2H3. The normalized spacial score (nSPS) is 17.7. The number of amides is 1. The van der Waals surface area contributed by atoms with Gasteiger partial charge in [0.25, 0.3) is 0 Å². The van der Waals surface area contributed by atoms with Crippen LogP contribution in [-0.4, -0.2) is 69.1 Å². The number of nitrogens with zero attached hydrogens (tertiary/aromatic N) is 6. The van der Waals surface area contributed by atoms with Crippen molar-refractivity contribution in [2.45, 2.75) is 25.4 Å². The lowest BCUT2D eigenvalue weighted by Gasteiger charge is -2.35. The molecule has 1 saturated heterocycles. The molecule has 1 amide bonds. The van der Waals surface area contributed by atoms with Crippen molar-refractivity contribution in [3.8, 4) is 0 Å². The third-order valence-corrected chi connectivity index (χ3v) is 3.24. The number of hydrogen-bond donors (Lipinski definition) is 0. The molecule has 0 unspecified atom stereocenters. The average molecular weight is 238 g/mol. The van der Waals surface area contributed by atoms with Gasteiger partial charge in [-0.1, -0.05) is 0 Å². The summed E-state index contributed by atoms with van der Waals surface area (Å²) in [5.41, 5.74) is 0. The summed E-state index contributed by atoms with van der Waals surface area (Å²) in [7, 11) is 4.17. The van der Waals surface area contributed by atoms with Gasteiger partial charge < -0.3 is 9.80 Å². The third kappa shape index (κ3) is 3.00. The van der Waals surface area contributed by atoms with Crippen LogP contribution < -0.4 is 0 Å². The topological polar surface area (TPSA) is 67.2 Å². The van der Waals surface area contributed by atoms with Gasteiger partial charge in [0.2, 0.25) is 5.91 Å².